The van der Waals surface area contributed by atoms with Gasteiger partial charge in [-0.25, -0.2) is 9.97 Å². The fourth-order valence-corrected chi connectivity index (χ4v) is 2.66. The zero-order chi connectivity index (χ0) is 12.5. The van der Waals surface area contributed by atoms with E-state index in [-0.39, 0.29) is 0 Å². The van der Waals surface area contributed by atoms with Crippen LogP contribution in [0.4, 0.5) is 0 Å². The van der Waals surface area contributed by atoms with Gasteiger partial charge in [0.2, 0.25) is 0 Å². The smallest absolute Gasteiger partial charge is 0.187 e. The van der Waals surface area contributed by atoms with Gasteiger partial charge in [0.25, 0.3) is 0 Å². The van der Waals surface area contributed by atoms with Crippen molar-refractivity contribution < 1.29 is 0 Å². The lowest BCUT2D eigenvalue weighted by Gasteiger charge is -2.17. The predicted molar refractivity (Wildman–Crippen MR) is 71.5 cm³/mol. The van der Waals surface area contributed by atoms with Crippen LogP contribution >= 0.6 is 11.8 Å². The van der Waals surface area contributed by atoms with Gasteiger partial charge in [-0.15, -0.1) is 0 Å². The third-order valence-electron chi connectivity index (χ3n) is 3.17. The highest BCUT2D eigenvalue weighted by Gasteiger charge is 2.22. The van der Waals surface area contributed by atoms with Crippen LogP contribution in [0.2, 0.25) is 0 Å². The topological polar surface area (TPSA) is 69.6 Å². The lowest BCUT2D eigenvalue weighted by molar-refractivity contribution is 0.627. The highest BCUT2D eigenvalue weighted by Crippen LogP contribution is 2.32. The number of hydrogen-bond acceptors (Lipinski definition) is 5. The average molecular weight is 261 g/mol. The molecular formula is C12H15N5S. The van der Waals surface area contributed by atoms with Crippen LogP contribution in [0.25, 0.3) is 11.4 Å². The van der Waals surface area contributed by atoms with Crippen LogP contribution in [0.3, 0.4) is 0 Å². The Balaban J connectivity index is 2.15. The number of aryl methyl sites for hydroxylation is 2. The number of aromatic nitrogens is 4. The molecular weight excluding hydrogens is 246 g/mol. The maximum atomic E-state index is 5.63. The molecule has 2 heterocycles. The van der Waals surface area contributed by atoms with E-state index >= 15 is 0 Å². The Morgan fingerprint density at radius 2 is 2.17 bits per heavy atom. The Morgan fingerprint density at radius 3 is 2.94 bits per heavy atom. The van der Waals surface area contributed by atoms with Gasteiger partial charge in [0.1, 0.15) is 0 Å². The summed E-state index contributed by atoms with van der Waals surface area (Å²) >= 11 is 1.56. The van der Waals surface area contributed by atoms with Crippen LogP contribution in [0.15, 0.2) is 17.6 Å². The van der Waals surface area contributed by atoms with E-state index in [2.05, 4.69) is 15.1 Å². The van der Waals surface area contributed by atoms with Crippen molar-refractivity contribution in [1.29, 1.82) is 0 Å². The van der Waals surface area contributed by atoms with E-state index in [0.29, 0.717) is 6.54 Å². The second kappa shape index (κ2) is 4.70. The highest BCUT2D eigenvalue weighted by molar-refractivity contribution is 7.98. The van der Waals surface area contributed by atoms with Crippen LogP contribution < -0.4 is 5.73 Å². The molecule has 0 amide bonds. The maximum Gasteiger partial charge on any atom is 0.187 e. The lowest BCUT2D eigenvalue weighted by atomic mass is 9.95. The van der Waals surface area contributed by atoms with Crippen molar-refractivity contribution in [3.05, 3.63) is 23.5 Å². The SMILES string of the molecule is CSc1ncc2c(n1)-c1c(cnn1CCN)CC2. The molecule has 0 aromatic carbocycles. The first kappa shape index (κ1) is 11.7. The van der Waals surface area contributed by atoms with Crippen molar-refractivity contribution >= 4 is 11.8 Å². The summed E-state index contributed by atoms with van der Waals surface area (Å²) < 4.78 is 1.96. The molecule has 1 aliphatic rings. The molecule has 2 aromatic heterocycles. The van der Waals surface area contributed by atoms with Crippen LogP contribution in [0, 0.1) is 0 Å². The minimum absolute atomic E-state index is 0.587. The summed E-state index contributed by atoms with van der Waals surface area (Å²) in [5, 5.41) is 5.22. The van der Waals surface area contributed by atoms with Crippen molar-refractivity contribution in [1.82, 2.24) is 19.7 Å². The van der Waals surface area contributed by atoms with Crippen LogP contribution in [-0.2, 0) is 19.4 Å². The normalized spacial score (nSPS) is 13.2. The van der Waals surface area contributed by atoms with Gasteiger partial charge in [-0.3, -0.25) is 4.68 Å². The Bertz CT molecular complexity index is 578. The average Bonchev–Trinajstić information content (AvgIpc) is 2.82. The summed E-state index contributed by atoms with van der Waals surface area (Å²) in [7, 11) is 0. The number of thioether (sulfide) groups is 1. The van der Waals surface area contributed by atoms with Gasteiger partial charge in [0.15, 0.2) is 5.16 Å². The summed E-state index contributed by atoms with van der Waals surface area (Å²) in [6, 6.07) is 0. The number of fused-ring (bicyclic) bond motifs is 3. The third kappa shape index (κ3) is 1.81. The van der Waals surface area contributed by atoms with Gasteiger partial charge in [0.05, 0.1) is 24.1 Å². The molecule has 6 heteroatoms. The van der Waals surface area contributed by atoms with Gasteiger partial charge in [-0.1, -0.05) is 11.8 Å². The zero-order valence-corrected chi connectivity index (χ0v) is 11.1. The van der Waals surface area contributed by atoms with Crippen molar-refractivity contribution in [2.24, 2.45) is 5.73 Å². The summed E-state index contributed by atoms with van der Waals surface area (Å²) in [6.45, 7) is 1.32. The summed E-state index contributed by atoms with van der Waals surface area (Å²) in [5.74, 6) is 0. The number of rotatable bonds is 3. The molecule has 0 unspecified atom stereocenters. The molecule has 0 saturated heterocycles. The van der Waals surface area contributed by atoms with E-state index in [0.717, 1.165) is 35.9 Å². The van der Waals surface area contributed by atoms with E-state index in [1.54, 1.807) is 11.8 Å². The third-order valence-corrected chi connectivity index (χ3v) is 3.73. The molecule has 1 aliphatic carbocycles. The maximum absolute atomic E-state index is 5.63. The highest BCUT2D eigenvalue weighted by atomic mass is 32.2. The van der Waals surface area contributed by atoms with Crippen LogP contribution in [0.1, 0.15) is 11.1 Å². The monoisotopic (exact) mass is 261 g/mol. The molecule has 3 rings (SSSR count). The van der Waals surface area contributed by atoms with Crippen molar-refractivity contribution in [2.75, 3.05) is 12.8 Å². The minimum atomic E-state index is 0.587. The molecule has 0 atom stereocenters. The Hall–Kier alpha value is -1.40. The van der Waals surface area contributed by atoms with Crippen LogP contribution in [-0.4, -0.2) is 32.5 Å². The molecule has 0 fully saturated rings. The number of nitrogens with two attached hydrogens (primary N) is 1. The molecule has 0 bridgehead atoms. The largest absolute Gasteiger partial charge is 0.329 e. The van der Waals surface area contributed by atoms with E-state index in [4.69, 9.17) is 5.73 Å². The predicted octanol–water partition coefficient (Wildman–Crippen LogP) is 1.12. The molecule has 18 heavy (non-hydrogen) atoms. The molecule has 0 saturated carbocycles. The molecule has 0 radical (unpaired) electrons. The summed E-state index contributed by atoms with van der Waals surface area (Å²) in [4.78, 5) is 8.98. The quantitative estimate of drug-likeness (QED) is 0.662. The molecule has 5 nitrogen and oxygen atoms in total. The molecule has 0 aliphatic heterocycles. The van der Waals surface area contributed by atoms with Crippen molar-refractivity contribution in [3.8, 4) is 11.4 Å². The number of nitrogens with zero attached hydrogens (tertiary/aromatic N) is 4. The van der Waals surface area contributed by atoms with Gasteiger partial charge >= 0.3 is 0 Å². The van der Waals surface area contributed by atoms with Gasteiger partial charge < -0.3 is 5.73 Å². The Kier molecular flexibility index (Phi) is 3.05. The second-order valence-electron chi connectivity index (χ2n) is 4.26. The Morgan fingerprint density at radius 1 is 1.33 bits per heavy atom. The van der Waals surface area contributed by atoms with Crippen molar-refractivity contribution in [2.45, 2.75) is 24.5 Å². The molecule has 94 valence electrons. The minimum Gasteiger partial charge on any atom is -0.329 e. The van der Waals surface area contributed by atoms with Gasteiger partial charge in [-0.05, 0) is 24.7 Å². The molecule has 2 N–H and O–H groups in total. The fourth-order valence-electron chi connectivity index (χ4n) is 2.32. The molecule has 2 aromatic rings. The second-order valence-corrected chi connectivity index (χ2v) is 5.03. The standard InChI is InChI=1S/C12H15N5S/c1-18-12-14-6-8-2-3-9-7-15-17(5-4-13)11(9)10(8)16-12/h6-7H,2-5,13H2,1H3. The lowest BCUT2D eigenvalue weighted by Crippen LogP contribution is -2.15. The zero-order valence-electron chi connectivity index (χ0n) is 10.3. The van der Waals surface area contributed by atoms with Crippen LogP contribution in [0.5, 0.6) is 0 Å². The fraction of sp³-hybridized carbons (Fsp3) is 0.417. The number of hydrogen-bond donors (Lipinski definition) is 1. The Labute approximate surface area is 110 Å². The van der Waals surface area contributed by atoms with E-state index in [9.17, 15) is 0 Å². The van der Waals surface area contributed by atoms with E-state index in [1.165, 1.54) is 11.1 Å². The van der Waals surface area contributed by atoms with Gasteiger partial charge in [-0.2, -0.15) is 5.10 Å². The first-order valence-electron chi connectivity index (χ1n) is 5.98. The summed E-state index contributed by atoms with van der Waals surface area (Å²) in [5.41, 5.74) is 10.3. The van der Waals surface area contributed by atoms with E-state index in [1.807, 2.05) is 23.3 Å². The summed E-state index contributed by atoms with van der Waals surface area (Å²) in [6.07, 6.45) is 7.87. The molecule has 0 spiro atoms. The van der Waals surface area contributed by atoms with E-state index < -0.39 is 0 Å². The first-order chi connectivity index (χ1) is 8.83. The van der Waals surface area contributed by atoms with Gasteiger partial charge in [0, 0.05) is 18.3 Å². The first-order valence-corrected chi connectivity index (χ1v) is 7.21. The van der Waals surface area contributed by atoms with Crippen molar-refractivity contribution in [3.63, 3.8) is 0 Å².